The highest BCUT2D eigenvalue weighted by atomic mass is 16.3. The van der Waals surface area contributed by atoms with E-state index in [1.165, 1.54) is 12.8 Å². The first-order valence-electron chi connectivity index (χ1n) is 7.59. The zero-order chi connectivity index (χ0) is 12.8. The number of carbonyl (C=O) groups excluding carboxylic acids is 1. The number of carbonyl (C=O) groups is 1. The third-order valence-corrected chi connectivity index (χ3v) is 5.61. The van der Waals surface area contributed by atoms with Crippen LogP contribution in [0.3, 0.4) is 0 Å². The number of aliphatic hydroxyl groups excluding tert-OH is 1. The van der Waals surface area contributed by atoms with Crippen molar-refractivity contribution in [2.45, 2.75) is 45.4 Å². The Bertz CT molecular complexity index is 323. The van der Waals surface area contributed by atoms with E-state index in [1.807, 2.05) is 0 Å². The Morgan fingerprint density at radius 1 is 1.33 bits per heavy atom. The van der Waals surface area contributed by atoms with Crippen molar-refractivity contribution in [3.63, 3.8) is 0 Å². The van der Waals surface area contributed by atoms with E-state index in [2.05, 4.69) is 11.8 Å². The van der Waals surface area contributed by atoms with Crippen LogP contribution in [0.5, 0.6) is 0 Å². The maximum atomic E-state index is 12.4. The fraction of sp³-hybridized carbons (Fsp3) is 0.933. The van der Waals surface area contributed by atoms with Gasteiger partial charge in [0.15, 0.2) is 0 Å². The number of nitrogens with zero attached hydrogens (tertiary/aromatic N) is 1. The van der Waals surface area contributed by atoms with Crippen LogP contribution in [0.15, 0.2) is 0 Å². The van der Waals surface area contributed by atoms with Gasteiger partial charge in [0.2, 0.25) is 5.91 Å². The van der Waals surface area contributed by atoms with Gasteiger partial charge in [-0.15, -0.1) is 0 Å². The number of piperidine rings is 1. The van der Waals surface area contributed by atoms with Gasteiger partial charge in [0, 0.05) is 25.6 Å². The van der Waals surface area contributed by atoms with Crippen LogP contribution in [0.4, 0.5) is 0 Å². The number of amides is 1. The monoisotopic (exact) mass is 251 g/mol. The number of rotatable bonds is 4. The minimum Gasteiger partial charge on any atom is -0.396 e. The van der Waals surface area contributed by atoms with Gasteiger partial charge in [-0.25, -0.2) is 0 Å². The van der Waals surface area contributed by atoms with E-state index in [9.17, 15) is 9.90 Å². The fourth-order valence-corrected chi connectivity index (χ4v) is 3.60. The number of likely N-dealkylation sites (tertiary alicyclic amines) is 1. The second-order valence-corrected chi connectivity index (χ2v) is 6.68. The Kier molecular flexibility index (Phi) is 3.13. The Morgan fingerprint density at radius 3 is 2.50 bits per heavy atom. The number of aliphatic hydroxyl groups is 1. The van der Waals surface area contributed by atoms with Gasteiger partial charge in [0.25, 0.3) is 0 Å². The van der Waals surface area contributed by atoms with Gasteiger partial charge in [0.05, 0.1) is 0 Å². The summed E-state index contributed by atoms with van der Waals surface area (Å²) in [7, 11) is 0. The molecule has 0 bridgehead atoms. The van der Waals surface area contributed by atoms with E-state index < -0.39 is 0 Å². The minimum atomic E-state index is 0.0935. The third-order valence-electron chi connectivity index (χ3n) is 5.61. The van der Waals surface area contributed by atoms with E-state index in [4.69, 9.17) is 0 Å². The van der Waals surface area contributed by atoms with Crippen LogP contribution in [0, 0.1) is 23.2 Å². The molecule has 2 aliphatic carbocycles. The summed E-state index contributed by atoms with van der Waals surface area (Å²) in [6, 6.07) is 0. The molecule has 1 amide bonds. The summed E-state index contributed by atoms with van der Waals surface area (Å²) in [5.41, 5.74) is 0.0935. The summed E-state index contributed by atoms with van der Waals surface area (Å²) in [5, 5.41) is 9.51. The lowest BCUT2D eigenvalue weighted by Gasteiger charge is -2.40. The van der Waals surface area contributed by atoms with Crippen LogP contribution in [0.2, 0.25) is 0 Å². The van der Waals surface area contributed by atoms with Crippen molar-refractivity contribution in [3.05, 3.63) is 0 Å². The Balaban J connectivity index is 1.51. The summed E-state index contributed by atoms with van der Waals surface area (Å²) < 4.78 is 0. The predicted octanol–water partition coefficient (Wildman–Crippen LogP) is 2.04. The van der Waals surface area contributed by atoms with Crippen LogP contribution in [-0.2, 0) is 4.79 Å². The molecule has 0 aromatic rings. The zero-order valence-electron chi connectivity index (χ0n) is 11.4. The zero-order valence-corrected chi connectivity index (χ0v) is 11.4. The van der Waals surface area contributed by atoms with Crippen LogP contribution in [-0.4, -0.2) is 35.6 Å². The van der Waals surface area contributed by atoms with Crippen LogP contribution >= 0.6 is 0 Å². The molecule has 3 nitrogen and oxygen atoms in total. The van der Waals surface area contributed by atoms with E-state index in [0.717, 1.165) is 50.6 Å². The molecule has 1 heterocycles. The predicted molar refractivity (Wildman–Crippen MR) is 69.9 cm³/mol. The quantitative estimate of drug-likeness (QED) is 0.830. The first kappa shape index (κ1) is 12.5. The lowest BCUT2D eigenvalue weighted by atomic mass is 9.77. The van der Waals surface area contributed by atoms with Crippen molar-refractivity contribution in [2.24, 2.45) is 23.2 Å². The summed E-state index contributed by atoms with van der Waals surface area (Å²) in [5.74, 6) is 2.39. The molecule has 0 aromatic heterocycles. The van der Waals surface area contributed by atoms with Crippen LogP contribution < -0.4 is 0 Å². The van der Waals surface area contributed by atoms with E-state index in [1.54, 1.807) is 0 Å². The summed E-state index contributed by atoms with van der Waals surface area (Å²) >= 11 is 0. The largest absolute Gasteiger partial charge is 0.396 e. The number of hydrogen-bond acceptors (Lipinski definition) is 2. The first-order chi connectivity index (χ1) is 8.69. The molecule has 3 fully saturated rings. The molecule has 3 heteroatoms. The van der Waals surface area contributed by atoms with Crippen molar-refractivity contribution in [2.75, 3.05) is 19.7 Å². The van der Waals surface area contributed by atoms with Gasteiger partial charge < -0.3 is 10.0 Å². The smallest absolute Gasteiger partial charge is 0.225 e. The lowest BCUT2D eigenvalue weighted by molar-refractivity contribution is -0.136. The van der Waals surface area contributed by atoms with Crippen molar-refractivity contribution in [1.29, 1.82) is 0 Å². The second-order valence-electron chi connectivity index (χ2n) is 6.68. The molecule has 0 spiro atoms. The molecule has 1 N–H and O–H groups in total. The maximum Gasteiger partial charge on any atom is 0.225 e. The SMILES string of the molecule is CCC1(CO)CCN(C(=O)C2CC2C2CC2)CC1. The van der Waals surface area contributed by atoms with Gasteiger partial charge in [-0.1, -0.05) is 6.92 Å². The van der Waals surface area contributed by atoms with Crippen molar-refractivity contribution in [1.82, 2.24) is 4.90 Å². The standard InChI is InChI=1S/C15H25NO2/c1-2-15(10-17)5-7-16(8-6-15)14(18)13-9-12(13)11-3-4-11/h11-13,17H,2-10H2,1H3. The topological polar surface area (TPSA) is 40.5 Å². The van der Waals surface area contributed by atoms with Gasteiger partial charge >= 0.3 is 0 Å². The molecule has 0 radical (unpaired) electrons. The fourth-order valence-electron chi connectivity index (χ4n) is 3.60. The minimum absolute atomic E-state index is 0.0935. The normalized spacial score (nSPS) is 34.4. The van der Waals surface area contributed by atoms with Gasteiger partial charge in [-0.05, 0) is 55.8 Å². The Labute approximate surface area is 110 Å². The molecule has 2 unspecified atom stereocenters. The van der Waals surface area contributed by atoms with Crippen molar-refractivity contribution < 1.29 is 9.90 Å². The molecule has 2 atom stereocenters. The first-order valence-corrected chi connectivity index (χ1v) is 7.59. The highest BCUT2D eigenvalue weighted by molar-refractivity contribution is 5.82. The third kappa shape index (κ3) is 2.18. The highest BCUT2D eigenvalue weighted by Gasteiger charge is 2.52. The molecule has 102 valence electrons. The Hall–Kier alpha value is -0.570. The molecule has 3 aliphatic rings. The average Bonchev–Trinajstić information content (AvgIpc) is 3.29. The molecule has 2 saturated carbocycles. The lowest BCUT2D eigenvalue weighted by Crippen LogP contribution is -2.45. The van der Waals surface area contributed by atoms with Crippen molar-refractivity contribution in [3.8, 4) is 0 Å². The van der Waals surface area contributed by atoms with Crippen LogP contribution in [0.1, 0.15) is 45.4 Å². The molecule has 3 rings (SSSR count). The molecule has 1 saturated heterocycles. The summed E-state index contributed by atoms with van der Waals surface area (Å²) in [4.78, 5) is 14.4. The van der Waals surface area contributed by atoms with E-state index >= 15 is 0 Å². The maximum absolute atomic E-state index is 12.4. The number of hydrogen-bond donors (Lipinski definition) is 1. The Morgan fingerprint density at radius 2 is 2.00 bits per heavy atom. The van der Waals surface area contributed by atoms with Gasteiger partial charge in [0.1, 0.15) is 0 Å². The van der Waals surface area contributed by atoms with E-state index in [0.29, 0.717) is 11.8 Å². The molecular formula is C15H25NO2. The van der Waals surface area contributed by atoms with Crippen LogP contribution in [0.25, 0.3) is 0 Å². The summed E-state index contributed by atoms with van der Waals surface area (Å²) in [6.07, 6.45) is 6.85. The molecule has 0 aromatic carbocycles. The molecule has 1 aliphatic heterocycles. The highest BCUT2D eigenvalue weighted by Crippen LogP contribution is 2.55. The van der Waals surface area contributed by atoms with E-state index in [-0.39, 0.29) is 12.0 Å². The van der Waals surface area contributed by atoms with Gasteiger partial charge in [-0.2, -0.15) is 0 Å². The van der Waals surface area contributed by atoms with Crippen molar-refractivity contribution >= 4 is 5.91 Å². The van der Waals surface area contributed by atoms with Gasteiger partial charge in [-0.3, -0.25) is 4.79 Å². The average molecular weight is 251 g/mol. The molecule has 18 heavy (non-hydrogen) atoms. The molecular weight excluding hydrogens is 226 g/mol. The second kappa shape index (κ2) is 4.52. The summed E-state index contributed by atoms with van der Waals surface area (Å²) in [6.45, 7) is 4.15.